The monoisotopic (exact) mass is 233 g/mol. The highest BCUT2D eigenvalue weighted by atomic mass is 16.5. The molecule has 0 radical (unpaired) electrons. The fourth-order valence-corrected chi connectivity index (χ4v) is 2.61. The minimum Gasteiger partial charge on any atom is -0.377 e. The van der Waals surface area contributed by atoms with E-state index in [-0.39, 0.29) is 0 Å². The Morgan fingerprint density at radius 3 is 2.82 bits per heavy atom. The van der Waals surface area contributed by atoms with E-state index in [0.717, 1.165) is 6.61 Å². The van der Waals surface area contributed by atoms with Gasteiger partial charge in [0.25, 0.3) is 0 Å². The third-order valence-corrected chi connectivity index (χ3v) is 3.61. The highest BCUT2D eigenvalue weighted by molar-refractivity contribution is 5.14. The Hall–Kier alpha value is -0.860. The van der Waals surface area contributed by atoms with Gasteiger partial charge in [-0.1, -0.05) is 30.3 Å². The first-order chi connectivity index (χ1) is 8.40. The number of ether oxygens (including phenoxy) is 1. The molecule has 1 heterocycles. The lowest BCUT2D eigenvalue weighted by Crippen LogP contribution is -2.37. The fraction of sp³-hybridized carbons (Fsp3) is 0.600. The summed E-state index contributed by atoms with van der Waals surface area (Å²) in [5.41, 5.74) is 1.44. The molecule has 1 N–H and O–H groups in total. The van der Waals surface area contributed by atoms with E-state index in [1.807, 2.05) is 0 Å². The summed E-state index contributed by atoms with van der Waals surface area (Å²) in [6, 6.07) is 11.3. The van der Waals surface area contributed by atoms with Crippen molar-refractivity contribution in [1.29, 1.82) is 0 Å². The van der Waals surface area contributed by atoms with Crippen LogP contribution in [0, 0.1) is 0 Å². The van der Waals surface area contributed by atoms with Crippen molar-refractivity contribution in [1.82, 2.24) is 5.32 Å². The standard InChI is InChI=1S/C15H23NO/c1-16-14(15-11-6-12-17-15)10-5-9-13-7-3-2-4-8-13/h2-4,7-8,14-16H,5-6,9-12H2,1H3. The van der Waals surface area contributed by atoms with Gasteiger partial charge in [0.05, 0.1) is 6.10 Å². The van der Waals surface area contributed by atoms with Crippen molar-refractivity contribution in [2.45, 2.75) is 44.2 Å². The van der Waals surface area contributed by atoms with E-state index < -0.39 is 0 Å². The van der Waals surface area contributed by atoms with Crippen molar-refractivity contribution in [3.8, 4) is 0 Å². The van der Waals surface area contributed by atoms with Crippen LogP contribution < -0.4 is 5.32 Å². The number of hydrogen-bond donors (Lipinski definition) is 1. The summed E-state index contributed by atoms with van der Waals surface area (Å²) in [5, 5.41) is 3.41. The topological polar surface area (TPSA) is 21.3 Å². The molecule has 0 aromatic heterocycles. The third kappa shape index (κ3) is 3.83. The average Bonchev–Trinajstić information content (AvgIpc) is 2.90. The molecule has 1 aromatic rings. The maximum atomic E-state index is 5.75. The second kappa shape index (κ2) is 6.77. The molecule has 2 nitrogen and oxygen atoms in total. The second-order valence-electron chi connectivity index (χ2n) is 4.82. The lowest BCUT2D eigenvalue weighted by atomic mass is 10.00. The predicted molar refractivity (Wildman–Crippen MR) is 71.2 cm³/mol. The van der Waals surface area contributed by atoms with Crippen LogP contribution in [0.4, 0.5) is 0 Å². The van der Waals surface area contributed by atoms with Crippen molar-refractivity contribution < 1.29 is 4.74 Å². The van der Waals surface area contributed by atoms with Crippen LogP contribution in [-0.4, -0.2) is 25.8 Å². The molecule has 0 aliphatic carbocycles. The number of hydrogen-bond acceptors (Lipinski definition) is 2. The summed E-state index contributed by atoms with van der Waals surface area (Å²) in [6.07, 6.45) is 6.49. The van der Waals surface area contributed by atoms with Crippen molar-refractivity contribution in [3.05, 3.63) is 35.9 Å². The van der Waals surface area contributed by atoms with E-state index in [2.05, 4.69) is 42.7 Å². The van der Waals surface area contributed by atoms with Crippen LogP contribution in [0.1, 0.15) is 31.2 Å². The lowest BCUT2D eigenvalue weighted by molar-refractivity contribution is 0.0775. The minimum atomic E-state index is 0.441. The highest BCUT2D eigenvalue weighted by Gasteiger charge is 2.23. The largest absolute Gasteiger partial charge is 0.377 e. The van der Waals surface area contributed by atoms with E-state index in [0.29, 0.717) is 12.1 Å². The molecule has 2 atom stereocenters. The van der Waals surface area contributed by atoms with Gasteiger partial charge in [-0.15, -0.1) is 0 Å². The molecule has 1 aromatic carbocycles. The first-order valence-corrected chi connectivity index (χ1v) is 6.73. The summed E-state index contributed by atoms with van der Waals surface area (Å²) in [7, 11) is 2.05. The quantitative estimate of drug-likeness (QED) is 0.816. The van der Waals surface area contributed by atoms with Crippen LogP contribution in [0.15, 0.2) is 30.3 Å². The Morgan fingerprint density at radius 2 is 2.18 bits per heavy atom. The highest BCUT2D eigenvalue weighted by Crippen LogP contribution is 2.19. The van der Waals surface area contributed by atoms with E-state index >= 15 is 0 Å². The molecule has 2 heteroatoms. The molecule has 0 amide bonds. The normalized spacial score (nSPS) is 21.6. The van der Waals surface area contributed by atoms with Crippen LogP contribution in [0.3, 0.4) is 0 Å². The zero-order chi connectivity index (χ0) is 11.9. The van der Waals surface area contributed by atoms with Gasteiger partial charge < -0.3 is 10.1 Å². The van der Waals surface area contributed by atoms with Gasteiger partial charge in [0.2, 0.25) is 0 Å². The maximum absolute atomic E-state index is 5.75. The Morgan fingerprint density at radius 1 is 1.35 bits per heavy atom. The summed E-state index contributed by atoms with van der Waals surface area (Å²) in [6.45, 7) is 0.946. The van der Waals surface area contributed by atoms with Gasteiger partial charge in [0.15, 0.2) is 0 Å². The molecule has 1 fully saturated rings. The van der Waals surface area contributed by atoms with E-state index in [4.69, 9.17) is 4.74 Å². The van der Waals surface area contributed by atoms with Crippen molar-refractivity contribution in [2.24, 2.45) is 0 Å². The van der Waals surface area contributed by atoms with E-state index in [1.54, 1.807) is 0 Å². The van der Waals surface area contributed by atoms with Crippen molar-refractivity contribution in [3.63, 3.8) is 0 Å². The SMILES string of the molecule is CNC(CCCc1ccccc1)C1CCCO1. The molecule has 94 valence electrons. The molecule has 1 saturated heterocycles. The molecule has 1 aliphatic heterocycles. The van der Waals surface area contributed by atoms with Crippen LogP contribution >= 0.6 is 0 Å². The molecule has 0 saturated carbocycles. The molecule has 2 unspecified atom stereocenters. The van der Waals surface area contributed by atoms with Crippen LogP contribution in [0.5, 0.6) is 0 Å². The Bertz CT molecular complexity index is 306. The predicted octanol–water partition coefficient (Wildman–Crippen LogP) is 2.78. The third-order valence-electron chi connectivity index (χ3n) is 3.61. The summed E-state index contributed by atoms with van der Waals surface area (Å²) in [4.78, 5) is 0. The second-order valence-corrected chi connectivity index (χ2v) is 4.82. The lowest BCUT2D eigenvalue weighted by Gasteiger charge is -2.22. The Kier molecular flexibility index (Phi) is 5.02. The van der Waals surface area contributed by atoms with Gasteiger partial charge in [0.1, 0.15) is 0 Å². The molecular weight excluding hydrogens is 210 g/mol. The molecule has 2 rings (SSSR count). The van der Waals surface area contributed by atoms with Crippen LogP contribution in [0.25, 0.3) is 0 Å². The molecule has 0 bridgehead atoms. The zero-order valence-corrected chi connectivity index (χ0v) is 10.7. The fourth-order valence-electron chi connectivity index (χ4n) is 2.61. The number of likely N-dealkylation sites (N-methyl/N-ethyl adjacent to an activating group) is 1. The first kappa shape index (κ1) is 12.6. The van der Waals surface area contributed by atoms with Gasteiger partial charge in [-0.2, -0.15) is 0 Å². The molecule has 0 spiro atoms. The summed E-state index contributed by atoms with van der Waals surface area (Å²) in [5.74, 6) is 0. The van der Waals surface area contributed by atoms with E-state index in [9.17, 15) is 0 Å². The smallest absolute Gasteiger partial charge is 0.0728 e. The Balaban J connectivity index is 1.72. The average molecular weight is 233 g/mol. The van der Waals surface area contributed by atoms with Gasteiger partial charge in [-0.05, 0) is 44.7 Å². The molecule has 1 aliphatic rings. The van der Waals surface area contributed by atoms with Crippen molar-refractivity contribution >= 4 is 0 Å². The van der Waals surface area contributed by atoms with Crippen LogP contribution in [-0.2, 0) is 11.2 Å². The van der Waals surface area contributed by atoms with Crippen LogP contribution in [0.2, 0.25) is 0 Å². The number of nitrogens with one attached hydrogen (secondary N) is 1. The zero-order valence-electron chi connectivity index (χ0n) is 10.7. The summed E-state index contributed by atoms with van der Waals surface area (Å²) >= 11 is 0. The van der Waals surface area contributed by atoms with Gasteiger partial charge in [-0.3, -0.25) is 0 Å². The number of aryl methyl sites for hydroxylation is 1. The van der Waals surface area contributed by atoms with E-state index in [1.165, 1.54) is 37.7 Å². The number of rotatable bonds is 6. The van der Waals surface area contributed by atoms with Gasteiger partial charge in [-0.25, -0.2) is 0 Å². The van der Waals surface area contributed by atoms with Gasteiger partial charge >= 0.3 is 0 Å². The maximum Gasteiger partial charge on any atom is 0.0728 e. The number of benzene rings is 1. The first-order valence-electron chi connectivity index (χ1n) is 6.73. The molecule has 17 heavy (non-hydrogen) atoms. The minimum absolute atomic E-state index is 0.441. The Labute approximate surface area is 104 Å². The van der Waals surface area contributed by atoms with Crippen molar-refractivity contribution in [2.75, 3.05) is 13.7 Å². The molecular formula is C15H23NO. The summed E-state index contributed by atoms with van der Waals surface area (Å²) < 4.78 is 5.75. The van der Waals surface area contributed by atoms with Gasteiger partial charge in [0, 0.05) is 12.6 Å².